The number of rotatable bonds is 5. The predicted molar refractivity (Wildman–Crippen MR) is 108 cm³/mol. The van der Waals surface area contributed by atoms with Gasteiger partial charge < -0.3 is 9.47 Å². The standard InChI is InChI=1S/C24H32O3/c1-4-5-6-23(25)27-22-12-11-21-20-9-7-16-15-17(26-3)8-10-18(16)19(20)13-14-24(21,22)2/h7-10,15,19-22H,4-6,11-14H2,1-3H3/t19-,20-,21+,22+,24+/m1/s1. The quantitative estimate of drug-likeness (QED) is 0.622. The van der Waals surface area contributed by atoms with Crippen molar-refractivity contribution in [1.29, 1.82) is 0 Å². The molecule has 5 atom stereocenters. The molecule has 2 saturated carbocycles. The Morgan fingerprint density at radius 3 is 2.89 bits per heavy atom. The highest BCUT2D eigenvalue weighted by atomic mass is 16.5. The van der Waals surface area contributed by atoms with Gasteiger partial charge in [-0.25, -0.2) is 0 Å². The molecule has 146 valence electrons. The van der Waals surface area contributed by atoms with E-state index in [9.17, 15) is 4.79 Å². The van der Waals surface area contributed by atoms with E-state index in [0.717, 1.165) is 31.4 Å². The second-order valence-electron chi connectivity index (χ2n) is 8.85. The molecule has 3 nitrogen and oxygen atoms in total. The third-order valence-electron chi connectivity index (χ3n) is 7.45. The fourth-order valence-electron chi connectivity index (χ4n) is 5.89. The van der Waals surface area contributed by atoms with Crippen LogP contribution in [0.5, 0.6) is 5.75 Å². The maximum absolute atomic E-state index is 12.2. The third-order valence-corrected chi connectivity index (χ3v) is 7.45. The number of hydrogen-bond acceptors (Lipinski definition) is 3. The van der Waals surface area contributed by atoms with Crippen LogP contribution in [0.25, 0.3) is 6.08 Å². The zero-order chi connectivity index (χ0) is 19.0. The number of unbranched alkanes of at least 4 members (excludes halogenated alkanes) is 1. The molecule has 0 aliphatic heterocycles. The van der Waals surface area contributed by atoms with E-state index in [1.165, 1.54) is 24.0 Å². The van der Waals surface area contributed by atoms with Crippen molar-refractivity contribution in [3.05, 3.63) is 35.4 Å². The fraction of sp³-hybridized carbons (Fsp3) is 0.625. The summed E-state index contributed by atoms with van der Waals surface area (Å²) >= 11 is 0. The average molecular weight is 369 g/mol. The van der Waals surface area contributed by atoms with Gasteiger partial charge in [-0.2, -0.15) is 0 Å². The van der Waals surface area contributed by atoms with Crippen LogP contribution in [0.4, 0.5) is 0 Å². The van der Waals surface area contributed by atoms with E-state index in [1.807, 2.05) is 0 Å². The minimum absolute atomic E-state index is 0.00229. The van der Waals surface area contributed by atoms with Gasteiger partial charge in [0.1, 0.15) is 11.9 Å². The SMILES string of the molecule is CCCCC(=O)O[C@H]1CC[C@H]2[C@@H]3C=Cc4cc(OC)ccc4[C@H]3CC[C@]12C. The Hall–Kier alpha value is -1.77. The summed E-state index contributed by atoms with van der Waals surface area (Å²) in [5.41, 5.74) is 2.89. The lowest BCUT2D eigenvalue weighted by Crippen LogP contribution is -2.44. The van der Waals surface area contributed by atoms with Gasteiger partial charge in [0.25, 0.3) is 0 Å². The first kappa shape index (κ1) is 18.6. The molecule has 0 amide bonds. The van der Waals surface area contributed by atoms with E-state index in [4.69, 9.17) is 9.47 Å². The molecule has 4 rings (SSSR count). The highest BCUT2D eigenvalue weighted by molar-refractivity contribution is 5.69. The van der Waals surface area contributed by atoms with Gasteiger partial charge in [-0.05, 0) is 73.1 Å². The summed E-state index contributed by atoms with van der Waals surface area (Å²) in [6, 6.07) is 6.51. The summed E-state index contributed by atoms with van der Waals surface area (Å²) in [4.78, 5) is 12.2. The Morgan fingerprint density at radius 1 is 1.26 bits per heavy atom. The normalized spacial score (nSPS) is 33.7. The highest BCUT2D eigenvalue weighted by Gasteiger charge is 2.55. The number of hydrogen-bond donors (Lipinski definition) is 0. The van der Waals surface area contributed by atoms with E-state index >= 15 is 0 Å². The summed E-state index contributed by atoms with van der Waals surface area (Å²) in [5.74, 6) is 2.68. The van der Waals surface area contributed by atoms with Crippen LogP contribution in [-0.2, 0) is 9.53 Å². The minimum atomic E-state index is 0.00229. The molecule has 0 heterocycles. The van der Waals surface area contributed by atoms with Crippen molar-refractivity contribution in [2.45, 2.75) is 70.8 Å². The second-order valence-corrected chi connectivity index (χ2v) is 8.85. The van der Waals surface area contributed by atoms with Crippen molar-refractivity contribution >= 4 is 12.0 Å². The molecule has 1 aromatic carbocycles. The van der Waals surface area contributed by atoms with Crippen LogP contribution < -0.4 is 4.74 Å². The summed E-state index contributed by atoms with van der Waals surface area (Å²) in [5, 5.41) is 0. The van der Waals surface area contributed by atoms with Gasteiger partial charge in [-0.3, -0.25) is 4.79 Å². The van der Waals surface area contributed by atoms with Gasteiger partial charge in [0, 0.05) is 11.8 Å². The lowest BCUT2D eigenvalue weighted by Gasteiger charge is -2.48. The Bertz CT molecular complexity index is 737. The summed E-state index contributed by atoms with van der Waals surface area (Å²) in [6.07, 6.45) is 11.8. The summed E-state index contributed by atoms with van der Waals surface area (Å²) in [7, 11) is 1.73. The van der Waals surface area contributed by atoms with E-state index in [2.05, 4.69) is 44.2 Å². The van der Waals surface area contributed by atoms with Crippen molar-refractivity contribution < 1.29 is 14.3 Å². The topological polar surface area (TPSA) is 35.5 Å². The number of carbonyl (C=O) groups is 1. The van der Waals surface area contributed by atoms with Gasteiger partial charge in [0.05, 0.1) is 7.11 Å². The molecule has 0 aromatic heterocycles. The summed E-state index contributed by atoms with van der Waals surface area (Å²) in [6.45, 7) is 4.49. The van der Waals surface area contributed by atoms with Crippen LogP contribution >= 0.6 is 0 Å². The van der Waals surface area contributed by atoms with Gasteiger partial charge in [-0.1, -0.05) is 38.5 Å². The van der Waals surface area contributed by atoms with Crippen LogP contribution in [0, 0.1) is 17.3 Å². The summed E-state index contributed by atoms with van der Waals surface area (Å²) < 4.78 is 11.4. The molecular formula is C24H32O3. The second kappa shape index (κ2) is 7.33. The minimum Gasteiger partial charge on any atom is -0.497 e. The molecule has 0 N–H and O–H groups in total. The Kier molecular flexibility index (Phi) is 5.05. The fourth-order valence-corrected chi connectivity index (χ4v) is 5.89. The van der Waals surface area contributed by atoms with Crippen molar-refractivity contribution in [2.24, 2.45) is 17.3 Å². The number of esters is 1. The van der Waals surface area contributed by atoms with Crippen LogP contribution in [0.15, 0.2) is 24.3 Å². The van der Waals surface area contributed by atoms with E-state index in [1.54, 1.807) is 7.11 Å². The van der Waals surface area contributed by atoms with E-state index < -0.39 is 0 Å². The zero-order valence-corrected chi connectivity index (χ0v) is 16.9. The molecule has 0 saturated heterocycles. The average Bonchev–Trinajstić information content (AvgIpc) is 3.02. The first-order valence-electron chi connectivity index (χ1n) is 10.6. The Balaban J connectivity index is 1.53. The molecule has 1 aromatic rings. The zero-order valence-electron chi connectivity index (χ0n) is 16.9. The number of methoxy groups -OCH3 is 1. The third kappa shape index (κ3) is 3.19. The molecule has 0 unspecified atom stereocenters. The van der Waals surface area contributed by atoms with Gasteiger partial charge in [-0.15, -0.1) is 0 Å². The highest BCUT2D eigenvalue weighted by Crippen LogP contribution is 2.60. The Morgan fingerprint density at radius 2 is 2.11 bits per heavy atom. The molecular weight excluding hydrogens is 336 g/mol. The molecule has 3 heteroatoms. The Labute approximate surface area is 163 Å². The van der Waals surface area contributed by atoms with E-state index in [0.29, 0.717) is 24.2 Å². The molecule has 0 bridgehead atoms. The molecule has 3 aliphatic carbocycles. The molecule has 3 aliphatic rings. The first-order chi connectivity index (χ1) is 13.1. The smallest absolute Gasteiger partial charge is 0.306 e. The number of benzene rings is 1. The largest absolute Gasteiger partial charge is 0.497 e. The predicted octanol–water partition coefficient (Wildman–Crippen LogP) is 5.73. The number of allylic oxidation sites excluding steroid dienone is 1. The van der Waals surface area contributed by atoms with Crippen LogP contribution in [0.3, 0.4) is 0 Å². The van der Waals surface area contributed by atoms with Crippen LogP contribution in [-0.4, -0.2) is 19.2 Å². The molecule has 0 radical (unpaired) electrons. The first-order valence-corrected chi connectivity index (χ1v) is 10.6. The molecule has 2 fully saturated rings. The maximum Gasteiger partial charge on any atom is 0.306 e. The van der Waals surface area contributed by atoms with Crippen molar-refractivity contribution in [3.8, 4) is 5.75 Å². The number of ether oxygens (including phenoxy) is 2. The van der Waals surface area contributed by atoms with Crippen molar-refractivity contribution in [1.82, 2.24) is 0 Å². The molecule has 27 heavy (non-hydrogen) atoms. The van der Waals surface area contributed by atoms with Gasteiger partial charge in [0.2, 0.25) is 0 Å². The van der Waals surface area contributed by atoms with Gasteiger partial charge >= 0.3 is 5.97 Å². The van der Waals surface area contributed by atoms with Crippen molar-refractivity contribution in [3.63, 3.8) is 0 Å². The number of fused-ring (bicyclic) bond motifs is 5. The maximum atomic E-state index is 12.2. The monoisotopic (exact) mass is 368 g/mol. The van der Waals surface area contributed by atoms with E-state index in [-0.39, 0.29) is 17.5 Å². The van der Waals surface area contributed by atoms with Gasteiger partial charge in [0.15, 0.2) is 0 Å². The lowest BCUT2D eigenvalue weighted by molar-refractivity contribution is -0.157. The lowest BCUT2D eigenvalue weighted by atomic mass is 9.57. The molecule has 0 spiro atoms. The van der Waals surface area contributed by atoms with Crippen LogP contribution in [0.2, 0.25) is 0 Å². The number of carbonyl (C=O) groups excluding carboxylic acids is 1. The van der Waals surface area contributed by atoms with Crippen LogP contribution in [0.1, 0.15) is 75.8 Å². The van der Waals surface area contributed by atoms with Crippen molar-refractivity contribution in [2.75, 3.05) is 7.11 Å².